The maximum absolute atomic E-state index is 11.2. The van der Waals surface area contributed by atoms with Gasteiger partial charge in [0.15, 0.2) is 0 Å². The number of halogens is 1. The highest BCUT2D eigenvalue weighted by Crippen LogP contribution is 2.02. The molecule has 0 aliphatic carbocycles. The minimum Gasteiger partial charge on any atom is -0.461 e. The van der Waals surface area contributed by atoms with Crippen LogP contribution in [-0.2, 0) is 9.53 Å². The SMILES string of the molecule is CC=C(CBr)C(=O)OCCN(C)C. The summed E-state index contributed by atoms with van der Waals surface area (Å²) in [6.07, 6.45) is 1.76. The zero-order valence-electron chi connectivity index (χ0n) is 8.34. The van der Waals surface area contributed by atoms with Gasteiger partial charge in [-0.15, -0.1) is 0 Å². The third kappa shape index (κ3) is 5.82. The standard InChI is InChI=1S/C9H16BrNO2/c1-4-8(7-10)9(12)13-6-5-11(2)3/h4H,5-7H2,1-3H3. The Labute approximate surface area is 87.9 Å². The Morgan fingerprint density at radius 1 is 1.54 bits per heavy atom. The van der Waals surface area contributed by atoms with Crippen LogP contribution in [0.2, 0.25) is 0 Å². The second kappa shape index (κ2) is 7.09. The first kappa shape index (κ1) is 12.7. The average Bonchev–Trinajstić information content (AvgIpc) is 2.05. The van der Waals surface area contributed by atoms with Gasteiger partial charge in [0.1, 0.15) is 6.61 Å². The Balaban J connectivity index is 3.74. The topological polar surface area (TPSA) is 29.5 Å². The quantitative estimate of drug-likeness (QED) is 0.420. The molecule has 0 atom stereocenters. The molecule has 0 aliphatic rings. The van der Waals surface area contributed by atoms with E-state index in [1.807, 2.05) is 25.9 Å². The van der Waals surface area contributed by atoms with Crippen LogP contribution in [0.15, 0.2) is 11.6 Å². The summed E-state index contributed by atoms with van der Waals surface area (Å²) in [5.74, 6) is -0.235. The van der Waals surface area contributed by atoms with Crippen molar-refractivity contribution in [2.45, 2.75) is 6.92 Å². The van der Waals surface area contributed by atoms with Crippen molar-refractivity contribution in [1.29, 1.82) is 0 Å². The van der Waals surface area contributed by atoms with E-state index in [1.165, 1.54) is 0 Å². The molecule has 0 aromatic carbocycles. The van der Waals surface area contributed by atoms with Gasteiger partial charge >= 0.3 is 5.97 Å². The molecule has 0 saturated carbocycles. The first-order valence-electron chi connectivity index (χ1n) is 4.14. The number of carbonyl (C=O) groups excluding carboxylic acids is 1. The van der Waals surface area contributed by atoms with Crippen molar-refractivity contribution in [3.8, 4) is 0 Å². The van der Waals surface area contributed by atoms with E-state index < -0.39 is 0 Å². The molecule has 0 aromatic heterocycles. The summed E-state index contributed by atoms with van der Waals surface area (Å²) < 4.78 is 5.02. The van der Waals surface area contributed by atoms with Gasteiger partial charge < -0.3 is 9.64 Å². The van der Waals surface area contributed by atoms with Gasteiger partial charge in [-0.2, -0.15) is 0 Å². The van der Waals surface area contributed by atoms with E-state index in [0.29, 0.717) is 17.5 Å². The summed E-state index contributed by atoms with van der Waals surface area (Å²) in [7, 11) is 3.88. The normalized spacial score (nSPS) is 11.9. The lowest BCUT2D eigenvalue weighted by molar-refractivity contribution is -0.139. The smallest absolute Gasteiger partial charge is 0.334 e. The molecule has 0 bridgehead atoms. The Hall–Kier alpha value is -0.350. The fourth-order valence-corrected chi connectivity index (χ4v) is 1.22. The fourth-order valence-electron chi connectivity index (χ4n) is 0.663. The summed E-state index contributed by atoms with van der Waals surface area (Å²) in [5.41, 5.74) is 0.666. The van der Waals surface area contributed by atoms with Crippen LogP contribution in [0, 0.1) is 0 Å². The first-order valence-corrected chi connectivity index (χ1v) is 5.27. The molecule has 0 spiro atoms. The van der Waals surface area contributed by atoms with Crippen molar-refractivity contribution in [1.82, 2.24) is 4.90 Å². The van der Waals surface area contributed by atoms with Crippen molar-refractivity contribution < 1.29 is 9.53 Å². The zero-order chi connectivity index (χ0) is 10.3. The van der Waals surface area contributed by atoms with Crippen molar-refractivity contribution in [2.75, 3.05) is 32.6 Å². The Kier molecular flexibility index (Phi) is 6.90. The number of nitrogens with zero attached hydrogens (tertiary/aromatic N) is 1. The minimum absolute atomic E-state index is 0.235. The lowest BCUT2D eigenvalue weighted by Gasteiger charge is -2.10. The molecule has 0 radical (unpaired) electrons. The molecule has 0 heterocycles. The van der Waals surface area contributed by atoms with Crippen molar-refractivity contribution in [3.05, 3.63) is 11.6 Å². The number of hydrogen-bond donors (Lipinski definition) is 0. The van der Waals surface area contributed by atoms with Gasteiger partial charge in [0.25, 0.3) is 0 Å². The molecule has 0 N–H and O–H groups in total. The van der Waals surface area contributed by atoms with E-state index in [1.54, 1.807) is 6.08 Å². The van der Waals surface area contributed by atoms with E-state index in [9.17, 15) is 4.79 Å². The maximum atomic E-state index is 11.2. The highest BCUT2D eigenvalue weighted by molar-refractivity contribution is 9.09. The maximum Gasteiger partial charge on any atom is 0.334 e. The molecule has 0 fully saturated rings. The molecule has 0 amide bonds. The van der Waals surface area contributed by atoms with E-state index >= 15 is 0 Å². The number of likely N-dealkylation sites (N-methyl/N-ethyl adjacent to an activating group) is 1. The van der Waals surface area contributed by atoms with Gasteiger partial charge in [-0.25, -0.2) is 4.79 Å². The molecule has 0 aliphatic heterocycles. The Morgan fingerprint density at radius 3 is 2.54 bits per heavy atom. The molecule has 0 rings (SSSR count). The van der Waals surface area contributed by atoms with Crippen LogP contribution < -0.4 is 0 Å². The fraction of sp³-hybridized carbons (Fsp3) is 0.667. The highest BCUT2D eigenvalue weighted by atomic mass is 79.9. The van der Waals surface area contributed by atoms with Crippen LogP contribution in [0.5, 0.6) is 0 Å². The van der Waals surface area contributed by atoms with Gasteiger partial charge in [0.05, 0.1) is 0 Å². The van der Waals surface area contributed by atoms with Crippen LogP contribution in [-0.4, -0.2) is 43.4 Å². The van der Waals surface area contributed by atoms with E-state index in [0.717, 1.165) is 6.54 Å². The van der Waals surface area contributed by atoms with Crippen molar-refractivity contribution in [3.63, 3.8) is 0 Å². The molecule has 76 valence electrons. The average molecular weight is 250 g/mol. The monoisotopic (exact) mass is 249 g/mol. The minimum atomic E-state index is -0.235. The predicted octanol–water partition coefficient (Wildman–Crippen LogP) is 1.43. The van der Waals surface area contributed by atoms with Crippen molar-refractivity contribution >= 4 is 21.9 Å². The van der Waals surface area contributed by atoms with Crippen LogP contribution in [0.3, 0.4) is 0 Å². The summed E-state index contributed by atoms with van der Waals surface area (Å²) >= 11 is 3.22. The molecule has 13 heavy (non-hydrogen) atoms. The highest BCUT2D eigenvalue weighted by Gasteiger charge is 2.07. The lowest BCUT2D eigenvalue weighted by Crippen LogP contribution is -2.21. The van der Waals surface area contributed by atoms with Gasteiger partial charge in [0.2, 0.25) is 0 Å². The van der Waals surface area contributed by atoms with E-state index in [4.69, 9.17) is 4.74 Å². The van der Waals surface area contributed by atoms with Gasteiger partial charge in [-0.05, 0) is 21.0 Å². The molecule has 3 nitrogen and oxygen atoms in total. The largest absolute Gasteiger partial charge is 0.461 e. The van der Waals surface area contributed by atoms with E-state index in [2.05, 4.69) is 15.9 Å². The van der Waals surface area contributed by atoms with Gasteiger partial charge in [-0.1, -0.05) is 22.0 Å². The molecule has 0 unspecified atom stereocenters. The summed E-state index contributed by atoms with van der Waals surface area (Å²) in [5, 5.41) is 0.546. The number of alkyl halides is 1. The number of rotatable bonds is 5. The van der Waals surface area contributed by atoms with Crippen LogP contribution >= 0.6 is 15.9 Å². The van der Waals surface area contributed by atoms with Crippen molar-refractivity contribution in [2.24, 2.45) is 0 Å². The molecular weight excluding hydrogens is 234 g/mol. The van der Waals surface area contributed by atoms with E-state index in [-0.39, 0.29) is 5.97 Å². The number of hydrogen-bond acceptors (Lipinski definition) is 3. The molecule has 0 aromatic rings. The van der Waals surface area contributed by atoms with Crippen LogP contribution in [0.1, 0.15) is 6.92 Å². The third-order valence-corrected chi connectivity index (χ3v) is 2.13. The summed E-state index contributed by atoms with van der Waals surface area (Å²) in [6.45, 7) is 3.02. The molecule has 0 saturated heterocycles. The number of esters is 1. The Bertz CT molecular complexity index is 190. The first-order chi connectivity index (χ1) is 6.11. The Morgan fingerprint density at radius 2 is 2.15 bits per heavy atom. The summed E-state index contributed by atoms with van der Waals surface area (Å²) in [6, 6.07) is 0. The molecule has 4 heteroatoms. The second-order valence-electron chi connectivity index (χ2n) is 2.89. The number of allylic oxidation sites excluding steroid dienone is 1. The van der Waals surface area contributed by atoms with Crippen LogP contribution in [0.25, 0.3) is 0 Å². The predicted molar refractivity (Wildman–Crippen MR) is 57.1 cm³/mol. The van der Waals surface area contributed by atoms with Crippen LogP contribution in [0.4, 0.5) is 0 Å². The van der Waals surface area contributed by atoms with Gasteiger partial charge in [-0.3, -0.25) is 0 Å². The number of ether oxygens (including phenoxy) is 1. The zero-order valence-corrected chi connectivity index (χ0v) is 9.93. The van der Waals surface area contributed by atoms with Gasteiger partial charge in [0, 0.05) is 17.4 Å². The number of carbonyl (C=O) groups is 1. The third-order valence-electron chi connectivity index (χ3n) is 1.53. The lowest BCUT2D eigenvalue weighted by atomic mass is 10.3. The second-order valence-corrected chi connectivity index (χ2v) is 3.45. The summed E-state index contributed by atoms with van der Waals surface area (Å²) in [4.78, 5) is 13.2. The molecular formula is C9H16BrNO2.